The van der Waals surface area contributed by atoms with Gasteiger partial charge in [-0.05, 0) is 74.1 Å². The van der Waals surface area contributed by atoms with Crippen LogP contribution >= 0.6 is 0 Å². The number of para-hydroxylation sites is 2. The fourth-order valence-corrected chi connectivity index (χ4v) is 5.68. The molecule has 0 fully saturated rings. The first-order valence-corrected chi connectivity index (χ1v) is 16.0. The summed E-state index contributed by atoms with van der Waals surface area (Å²) in [5.41, 5.74) is 10.2. The lowest BCUT2D eigenvalue weighted by atomic mass is 10.0. The Hall–Kier alpha value is -5.26. The monoisotopic (exact) mass is 650 g/mol. The number of carbonyl (C=O) groups excluding carboxylic acids is 3. The number of hydrogen-bond acceptors (Lipinski definition) is 8. The number of amides is 3. The van der Waals surface area contributed by atoms with Gasteiger partial charge in [0.1, 0.15) is 11.9 Å². The van der Waals surface area contributed by atoms with Crippen LogP contribution in [0.25, 0.3) is 0 Å². The number of aliphatic hydroxyl groups is 1. The van der Waals surface area contributed by atoms with E-state index in [1.54, 1.807) is 71.9 Å². The van der Waals surface area contributed by atoms with Gasteiger partial charge in [0.25, 0.3) is 11.8 Å². The van der Waals surface area contributed by atoms with Crippen molar-refractivity contribution in [2.75, 3.05) is 43.1 Å². The third-order valence-electron chi connectivity index (χ3n) is 8.49. The average Bonchev–Trinajstić information content (AvgIpc) is 3.13. The van der Waals surface area contributed by atoms with Crippen molar-refractivity contribution in [2.45, 2.75) is 39.0 Å². The Kier molecular flexibility index (Phi) is 11.0. The van der Waals surface area contributed by atoms with Crippen molar-refractivity contribution in [3.63, 3.8) is 0 Å². The van der Waals surface area contributed by atoms with Crippen molar-refractivity contribution in [3.8, 4) is 5.75 Å². The highest BCUT2D eigenvalue weighted by Gasteiger charge is 2.31. The Morgan fingerprint density at radius 1 is 1.02 bits per heavy atom. The van der Waals surface area contributed by atoms with E-state index in [-0.39, 0.29) is 48.8 Å². The highest BCUT2D eigenvalue weighted by atomic mass is 16.5. The summed E-state index contributed by atoms with van der Waals surface area (Å²) >= 11 is 0. The molecule has 4 aromatic rings. The van der Waals surface area contributed by atoms with Crippen LogP contribution in [0, 0.1) is 5.92 Å². The fraction of sp³-hybridized carbons (Fsp3) is 0.297. The van der Waals surface area contributed by atoms with Crippen LogP contribution in [0.15, 0.2) is 91.3 Å². The molecule has 0 radical (unpaired) electrons. The average molecular weight is 651 g/mol. The number of nitrogens with zero attached hydrogens (tertiary/aromatic N) is 3. The summed E-state index contributed by atoms with van der Waals surface area (Å²) in [5, 5.41) is 15.7. The molecule has 0 saturated heterocycles. The van der Waals surface area contributed by atoms with E-state index in [9.17, 15) is 19.5 Å². The molecule has 250 valence electrons. The molecule has 3 aromatic carbocycles. The molecule has 3 atom stereocenters. The van der Waals surface area contributed by atoms with Gasteiger partial charge in [0.15, 0.2) is 0 Å². The molecule has 5 rings (SSSR count). The lowest BCUT2D eigenvalue weighted by molar-refractivity contribution is -0.134. The topological polar surface area (TPSA) is 150 Å². The van der Waals surface area contributed by atoms with Crippen LogP contribution in [0.1, 0.15) is 45.7 Å². The van der Waals surface area contributed by atoms with Crippen molar-refractivity contribution in [2.24, 2.45) is 5.92 Å². The zero-order valence-electron chi connectivity index (χ0n) is 27.4. The molecule has 0 aliphatic carbocycles. The molecule has 0 spiro atoms. The van der Waals surface area contributed by atoms with Crippen LogP contribution in [0.2, 0.25) is 0 Å². The molecule has 3 amide bonds. The second-order valence-electron chi connectivity index (χ2n) is 12.3. The molecule has 5 N–H and O–H groups in total. The summed E-state index contributed by atoms with van der Waals surface area (Å²) in [5.74, 6) is -0.150. The van der Waals surface area contributed by atoms with Crippen LogP contribution in [-0.4, -0.2) is 76.5 Å². The Balaban J connectivity index is 1.31. The Bertz CT molecular complexity index is 1730. The number of anilines is 3. The van der Waals surface area contributed by atoms with Gasteiger partial charge in [-0.1, -0.05) is 31.2 Å². The van der Waals surface area contributed by atoms with Gasteiger partial charge in [0, 0.05) is 60.3 Å². The maximum Gasteiger partial charge on any atom is 0.255 e. The molecule has 2 heterocycles. The Labute approximate surface area is 280 Å². The van der Waals surface area contributed by atoms with E-state index >= 15 is 0 Å². The lowest BCUT2D eigenvalue weighted by Crippen LogP contribution is -2.47. The number of hydrogen-bond donors (Lipinski definition) is 4. The summed E-state index contributed by atoms with van der Waals surface area (Å²) in [4.78, 5) is 47.0. The highest BCUT2D eigenvalue weighted by Crippen LogP contribution is 2.30. The summed E-state index contributed by atoms with van der Waals surface area (Å²) in [6.45, 7) is 5.27. The van der Waals surface area contributed by atoms with E-state index in [0.717, 1.165) is 5.56 Å². The number of aliphatic hydroxyl groups excluding tert-OH is 1. The standard InChI is InChI=1S/C37H42N6O5/c1-24-20-43(25(2)23-44)35(45)19-29-18-30(40-36(46)28-14-16-39-17-15-28)12-13-33(29)48-34(24)22-42(3)21-26-8-10-27(11-9-26)37(47)41-32-7-5-4-6-31(32)38/h4-18,24-25,34,44H,19-23,38H2,1-3H3,(H,40,46)(H,41,47)/t24-,25-,34+/m1/s1. The number of rotatable bonds is 10. The van der Waals surface area contributed by atoms with E-state index in [4.69, 9.17) is 10.5 Å². The Morgan fingerprint density at radius 3 is 2.42 bits per heavy atom. The highest BCUT2D eigenvalue weighted by molar-refractivity contribution is 6.06. The number of nitrogen functional groups attached to an aromatic ring is 1. The largest absolute Gasteiger partial charge is 0.488 e. The quantitative estimate of drug-likeness (QED) is 0.184. The molecule has 11 heteroatoms. The SMILES string of the molecule is C[C@@H]1CN([C@H](C)CO)C(=O)Cc2cc(NC(=O)c3ccncc3)ccc2O[C@H]1CN(C)Cc1ccc(C(=O)Nc2ccccc2N)cc1. The minimum atomic E-state index is -0.372. The molecule has 0 saturated carbocycles. The van der Waals surface area contributed by atoms with Crippen molar-refractivity contribution in [1.82, 2.24) is 14.8 Å². The zero-order valence-corrected chi connectivity index (χ0v) is 27.4. The fourth-order valence-electron chi connectivity index (χ4n) is 5.68. The minimum absolute atomic E-state index is 0.0602. The number of nitrogens with one attached hydrogen (secondary N) is 2. The summed E-state index contributed by atoms with van der Waals surface area (Å²) in [6, 6.07) is 22.8. The van der Waals surface area contributed by atoms with Gasteiger partial charge in [-0.25, -0.2) is 0 Å². The number of ether oxygens (including phenoxy) is 1. The summed E-state index contributed by atoms with van der Waals surface area (Å²) in [7, 11) is 2.00. The molecular formula is C37H42N6O5. The van der Waals surface area contributed by atoms with Crippen molar-refractivity contribution >= 4 is 34.8 Å². The maximum absolute atomic E-state index is 13.6. The molecule has 1 aromatic heterocycles. The third-order valence-corrected chi connectivity index (χ3v) is 8.49. The van der Waals surface area contributed by atoms with E-state index < -0.39 is 0 Å². The second-order valence-corrected chi connectivity index (χ2v) is 12.3. The first-order valence-electron chi connectivity index (χ1n) is 16.0. The van der Waals surface area contributed by atoms with Crippen LogP contribution in [0.4, 0.5) is 17.1 Å². The van der Waals surface area contributed by atoms with E-state index in [1.165, 1.54) is 0 Å². The van der Waals surface area contributed by atoms with Gasteiger partial charge in [-0.3, -0.25) is 24.3 Å². The van der Waals surface area contributed by atoms with Crippen molar-refractivity contribution in [3.05, 3.63) is 114 Å². The molecule has 1 aliphatic rings. The van der Waals surface area contributed by atoms with E-state index in [2.05, 4.69) is 20.5 Å². The van der Waals surface area contributed by atoms with Crippen LogP contribution in [0.5, 0.6) is 5.75 Å². The number of benzene rings is 3. The van der Waals surface area contributed by atoms with Crippen LogP contribution < -0.4 is 21.1 Å². The van der Waals surface area contributed by atoms with Gasteiger partial charge in [0.2, 0.25) is 5.91 Å². The number of aromatic nitrogens is 1. The third kappa shape index (κ3) is 8.55. The van der Waals surface area contributed by atoms with E-state index in [1.807, 2.05) is 45.2 Å². The molecule has 0 unspecified atom stereocenters. The second kappa shape index (κ2) is 15.6. The number of pyridine rings is 1. The maximum atomic E-state index is 13.6. The predicted octanol–water partition coefficient (Wildman–Crippen LogP) is 4.45. The summed E-state index contributed by atoms with van der Waals surface area (Å²) in [6.07, 6.45) is 2.87. The van der Waals surface area contributed by atoms with E-state index in [0.29, 0.717) is 59.1 Å². The van der Waals surface area contributed by atoms with Gasteiger partial charge >= 0.3 is 0 Å². The predicted molar refractivity (Wildman–Crippen MR) is 186 cm³/mol. The minimum Gasteiger partial charge on any atom is -0.488 e. The number of carbonyl (C=O) groups is 3. The van der Waals surface area contributed by atoms with Gasteiger partial charge < -0.3 is 31.1 Å². The molecular weight excluding hydrogens is 608 g/mol. The normalized spacial score (nSPS) is 16.9. The summed E-state index contributed by atoms with van der Waals surface area (Å²) < 4.78 is 6.64. The zero-order chi connectivity index (χ0) is 34.2. The number of nitrogens with two attached hydrogens (primary N) is 1. The molecule has 0 bridgehead atoms. The first-order chi connectivity index (χ1) is 23.1. The van der Waals surface area contributed by atoms with Crippen molar-refractivity contribution < 1.29 is 24.2 Å². The van der Waals surface area contributed by atoms with Crippen LogP contribution in [-0.2, 0) is 17.8 Å². The van der Waals surface area contributed by atoms with Gasteiger partial charge in [-0.2, -0.15) is 0 Å². The molecule has 11 nitrogen and oxygen atoms in total. The van der Waals surface area contributed by atoms with Gasteiger partial charge in [0.05, 0.1) is 30.4 Å². The molecule has 48 heavy (non-hydrogen) atoms. The van der Waals surface area contributed by atoms with Gasteiger partial charge in [-0.15, -0.1) is 0 Å². The number of fused-ring (bicyclic) bond motifs is 1. The first kappa shape index (κ1) is 34.1. The number of likely N-dealkylation sites (N-methyl/N-ethyl adjacent to an activating group) is 1. The lowest BCUT2D eigenvalue weighted by Gasteiger charge is -2.34. The Morgan fingerprint density at radius 2 is 1.71 bits per heavy atom. The molecule has 1 aliphatic heterocycles. The van der Waals surface area contributed by atoms with Crippen molar-refractivity contribution in [1.29, 1.82) is 0 Å². The smallest absolute Gasteiger partial charge is 0.255 e. The van der Waals surface area contributed by atoms with Crippen LogP contribution in [0.3, 0.4) is 0 Å².